The molecule has 0 amide bonds. The average Bonchev–Trinajstić information content (AvgIpc) is 2.27. The molecule has 0 aliphatic carbocycles. The number of hydrogen-bond donors (Lipinski definition) is 1. The number of anilines is 1. The van der Waals surface area contributed by atoms with Crippen LogP contribution in [0, 0.1) is 0 Å². The Morgan fingerprint density at radius 1 is 1.73 bits per heavy atom. The minimum atomic E-state index is -0.514. The maximum atomic E-state index is 11.3. The zero-order chi connectivity index (χ0) is 11.1. The van der Waals surface area contributed by atoms with Gasteiger partial charge < -0.3 is 10.1 Å². The van der Waals surface area contributed by atoms with E-state index >= 15 is 0 Å². The molecule has 0 aliphatic rings. The third kappa shape index (κ3) is 3.38. The van der Waals surface area contributed by atoms with Crippen LogP contribution in [-0.4, -0.2) is 29.1 Å². The number of carbonyl (C=O) groups is 1. The van der Waals surface area contributed by atoms with Crippen molar-refractivity contribution in [3.8, 4) is 0 Å². The van der Waals surface area contributed by atoms with Crippen LogP contribution in [0.5, 0.6) is 0 Å². The fourth-order valence-corrected chi connectivity index (χ4v) is 0.928. The lowest BCUT2D eigenvalue weighted by Gasteiger charge is -2.03. The maximum absolute atomic E-state index is 11.3. The van der Waals surface area contributed by atoms with Crippen molar-refractivity contribution in [1.29, 1.82) is 0 Å². The Morgan fingerprint density at radius 2 is 2.53 bits per heavy atom. The fraction of sp³-hybridized carbons (Fsp3) is 0.300. The van der Waals surface area contributed by atoms with Gasteiger partial charge in [0, 0.05) is 12.7 Å². The number of rotatable bonds is 5. The van der Waals surface area contributed by atoms with Crippen LogP contribution in [-0.2, 0) is 4.74 Å². The van der Waals surface area contributed by atoms with E-state index < -0.39 is 5.97 Å². The highest BCUT2D eigenvalue weighted by Gasteiger charge is 2.09. The molecule has 0 saturated heterocycles. The van der Waals surface area contributed by atoms with Crippen LogP contribution < -0.4 is 5.32 Å². The van der Waals surface area contributed by atoms with Gasteiger partial charge in [-0.1, -0.05) is 6.08 Å². The van der Waals surface area contributed by atoms with E-state index in [-0.39, 0.29) is 5.82 Å². The Kier molecular flexibility index (Phi) is 4.28. The molecule has 0 fully saturated rings. The summed E-state index contributed by atoms with van der Waals surface area (Å²) < 4.78 is 4.78. The maximum Gasteiger partial charge on any atom is 0.376 e. The van der Waals surface area contributed by atoms with Gasteiger partial charge in [-0.05, 0) is 13.0 Å². The first-order valence-corrected chi connectivity index (χ1v) is 4.63. The van der Waals surface area contributed by atoms with Gasteiger partial charge in [0.25, 0.3) is 0 Å². The molecule has 0 radical (unpaired) electrons. The first kappa shape index (κ1) is 11.2. The summed E-state index contributed by atoms with van der Waals surface area (Å²) in [5.74, 6) is 0.124. The van der Waals surface area contributed by atoms with Crippen molar-refractivity contribution < 1.29 is 9.53 Å². The quantitative estimate of drug-likeness (QED) is 0.581. The van der Waals surface area contributed by atoms with Gasteiger partial charge in [0.15, 0.2) is 0 Å². The van der Waals surface area contributed by atoms with E-state index in [4.69, 9.17) is 4.74 Å². The molecule has 0 aliphatic heterocycles. The lowest BCUT2D eigenvalue weighted by atomic mass is 10.5. The van der Waals surface area contributed by atoms with E-state index in [1.807, 2.05) is 0 Å². The summed E-state index contributed by atoms with van der Waals surface area (Å²) in [5.41, 5.74) is 0. The molecule has 80 valence electrons. The molecule has 0 aromatic carbocycles. The Balaban J connectivity index is 2.73. The van der Waals surface area contributed by atoms with E-state index in [2.05, 4.69) is 21.9 Å². The zero-order valence-electron chi connectivity index (χ0n) is 8.56. The van der Waals surface area contributed by atoms with Gasteiger partial charge in [-0.15, -0.1) is 6.58 Å². The summed E-state index contributed by atoms with van der Waals surface area (Å²) in [7, 11) is 0. The molecule has 0 spiro atoms. The number of nitrogens with one attached hydrogen (secondary N) is 1. The predicted octanol–water partition coefficient (Wildman–Crippen LogP) is 1.25. The van der Waals surface area contributed by atoms with E-state index in [9.17, 15) is 4.79 Å². The fourth-order valence-electron chi connectivity index (χ4n) is 0.928. The molecule has 0 atom stereocenters. The highest BCUT2D eigenvalue weighted by molar-refractivity contribution is 5.85. The summed E-state index contributed by atoms with van der Waals surface area (Å²) in [6.07, 6.45) is 3.21. The highest BCUT2D eigenvalue weighted by atomic mass is 16.5. The average molecular weight is 207 g/mol. The first-order chi connectivity index (χ1) is 7.27. The van der Waals surface area contributed by atoms with Crippen molar-refractivity contribution in [2.45, 2.75) is 6.92 Å². The summed E-state index contributed by atoms with van der Waals surface area (Å²) in [5, 5.41) is 2.95. The number of hydrogen-bond acceptors (Lipinski definition) is 5. The third-order valence-electron chi connectivity index (χ3n) is 1.54. The Morgan fingerprint density at radius 3 is 3.20 bits per heavy atom. The number of carbonyl (C=O) groups excluding carboxylic acids is 1. The standard InChI is InChI=1S/C10H13N3O2/c1-3-6-11-8-5-7-12-9(13-8)10(14)15-4-2/h3,5,7H,1,4,6H2,2H3,(H,11,12,13). The van der Waals surface area contributed by atoms with Crippen molar-refractivity contribution in [1.82, 2.24) is 9.97 Å². The number of nitrogens with zero attached hydrogens (tertiary/aromatic N) is 2. The topological polar surface area (TPSA) is 64.1 Å². The van der Waals surface area contributed by atoms with Gasteiger partial charge in [0.05, 0.1) is 6.61 Å². The Labute approximate surface area is 88.2 Å². The second kappa shape index (κ2) is 5.74. The molecule has 1 heterocycles. The monoisotopic (exact) mass is 207 g/mol. The van der Waals surface area contributed by atoms with Crippen LogP contribution >= 0.6 is 0 Å². The predicted molar refractivity (Wildman–Crippen MR) is 56.7 cm³/mol. The largest absolute Gasteiger partial charge is 0.460 e. The lowest BCUT2D eigenvalue weighted by Crippen LogP contribution is -2.11. The second-order valence-electron chi connectivity index (χ2n) is 2.66. The van der Waals surface area contributed by atoms with Crippen molar-refractivity contribution in [2.75, 3.05) is 18.5 Å². The molecule has 5 heteroatoms. The first-order valence-electron chi connectivity index (χ1n) is 4.63. The van der Waals surface area contributed by atoms with Crippen molar-refractivity contribution in [2.24, 2.45) is 0 Å². The van der Waals surface area contributed by atoms with Gasteiger partial charge in [-0.2, -0.15) is 0 Å². The smallest absolute Gasteiger partial charge is 0.376 e. The van der Waals surface area contributed by atoms with Gasteiger partial charge in [-0.3, -0.25) is 0 Å². The van der Waals surface area contributed by atoms with Crippen molar-refractivity contribution in [3.05, 3.63) is 30.7 Å². The molecule has 1 N–H and O–H groups in total. The Hall–Kier alpha value is -1.91. The van der Waals surface area contributed by atoms with E-state index in [1.54, 1.807) is 19.1 Å². The molecule has 5 nitrogen and oxygen atoms in total. The van der Waals surface area contributed by atoms with Crippen molar-refractivity contribution in [3.63, 3.8) is 0 Å². The van der Waals surface area contributed by atoms with Crippen molar-refractivity contribution >= 4 is 11.8 Å². The molecular weight excluding hydrogens is 194 g/mol. The molecule has 1 aromatic heterocycles. The van der Waals surface area contributed by atoms with E-state index in [0.717, 1.165) is 0 Å². The Bertz CT molecular complexity index is 352. The lowest BCUT2D eigenvalue weighted by molar-refractivity contribution is 0.0512. The molecule has 0 saturated carbocycles. The summed E-state index contributed by atoms with van der Waals surface area (Å²) >= 11 is 0. The van der Waals surface area contributed by atoms with Gasteiger partial charge >= 0.3 is 5.97 Å². The van der Waals surface area contributed by atoms with E-state index in [1.165, 1.54) is 6.20 Å². The second-order valence-corrected chi connectivity index (χ2v) is 2.66. The number of esters is 1. The van der Waals surface area contributed by atoms with Crippen LogP contribution in [0.1, 0.15) is 17.5 Å². The summed E-state index contributed by atoms with van der Waals surface area (Å²) in [6.45, 7) is 6.19. The minimum absolute atomic E-state index is 0.0610. The molecule has 0 bridgehead atoms. The van der Waals surface area contributed by atoms with Crippen LogP contribution in [0.2, 0.25) is 0 Å². The molecule has 1 rings (SSSR count). The van der Waals surface area contributed by atoms with Crippen LogP contribution in [0.4, 0.5) is 5.82 Å². The van der Waals surface area contributed by atoms with Crippen LogP contribution in [0.25, 0.3) is 0 Å². The number of ether oxygens (including phenoxy) is 1. The van der Waals surface area contributed by atoms with Gasteiger partial charge in [0.2, 0.25) is 5.82 Å². The molecular formula is C10H13N3O2. The minimum Gasteiger partial charge on any atom is -0.460 e. The SMILES string of the molecule is C=CCNc1ccnc(C(=O)OCC)n1. The highest BCUT2D eigenvalue weighted by Crippen LogP contribution is 2.02. The van der Waals surface area contributed by atoms with Gasteiger partial charge in [-0.25, -0.2) is 14.8 Å². The van der Waals surface area contributed by atoms with Crippen LogP contribution in [0.3, 0.4) is 0 Å². The van der Waals surface area contributed by atoms with Gasteiger partial charge in [0.1, 0.15) is 5.82 Å². The normalized spacial score (nSPS) is 9.40. The third-order valence-corrected chi connectivity index (χ3v) is 1.54. The zero-order valence-corrected chi connectivity index (χ0v) is 8.56. The molecule has 15 heavy (non-hydrogen) atoms. The van der Waals surface area contributed by atoms with E-state index in [0.29, 0.717) is 19.0 Å². The summed E-state index contributed by atoms with van der Waals surface area (Å²) in [4.78, 5) is 19.1. The molecule has 1 aromatic rings. The van der Waals surface area contributed by atoms with Crippen LogP contribution in [0.15, 0.2) is 24.9 Å². The number of aromatic nitrogens is 2. The molecule has 0 unspecified atom stereocenters. The summed E-state index contributed by atoms with van der Waals surface area (Å²) in [6, 6.07) is 1.67.